The lowest BCUT2D eigenvalue weighted by Crippen LogP contribution is -2.20. The Bertz CT molecular complexity index is 585. The Morgan fingerprint density at radius 2 is 2.17 bits per heavy atom. The second-order valence-electron chi connectivity index (χ2n) is 4.47. The highest BCUT2D eigenvalue weighted by molar-refractivity contribution is 5.33. The molecule has 2 aromatic heterocycles. The lowest BCUT2D eigenvalue weighted by molar-refractivity contribution is 0.472. The van der Waals surface area contributed by atoms with E-state index in [0.29, 0.717) is 18.3 Å². The van der Waals surface area contributed by atoms with Crippen molar-refractivity contribution in [2.24, 2.45) is 0 Å². The molecule has 1 atom stereocenters. The molecule has 0 aliphatic carbocycles. The molecule has 5 heteroatoms. The first kappa shape index (κ1) is 12.4. The highest BCUT2D eigenvalue weighted by Crippen LogP contribution is 2.09. The molecule has 5 nitrogen and oxygen atoms in total. The lowest BCUT2D eigenvalue weighted by atomic mass is 10.3. The van der Waals surface area contributed by atoms with Crippen molar-refractivity contribution >= 4 is 5.69 Å². The van der Waals surface area contributed by atoms with Gasteiger partial charge in [-0.15, -0.1) is 0 Å². The van der Waals surface area contributed by atoms with Gasteiger partial charge in [0.25, 0.3) is 5.56 Å². The quantitative estimate of drug-likeness (QED) is 0.892. The maximum Gasteiger partial charge on any atom is 0.251 e. The van der Waals surface area contributed by atoms with Crippen LogP contribution in [-0.4, -0.2) is 14.3 Å². The van der Waals surface area contributed by atoms with E-state index in [1.165, 1.54) is 6.07 Å². The first-order valence-electron chi connectivity index (χ1n) is 6.10. The lowest BCUT2D eigenvalue weighted by Gasteiger charge is -2.08. The zero-order valence-corrected chi connectivity index (χ0v) is 10.7. The molecule has 0 amide bonds. The average molecular weight is 246 g/mol. The number of rotatable bonds is 4. The van der Waals surface area contributed by atoms with Crippen LogP contribution in [0.5, 0.6) is 0 Å². The number of nitrogens with two attached hydrogens (primary N) is 1. The van der Waals surface area contributed by atoms with Crippen LogP contribution in [0.2, 0.25) is 0 Å². The van der Waals surface area contributed by atoms with Gasteiger partial charge in [-0.05, 0) is 25.5 Å². The van der Waals surface area contributed by atoms with E-state index in [1.54, 1.807) is 16.8 Å². The van der Waals surface area contributed by atoms with E-state index in [2.05, 4.69) is 18.9 Å². The van der Waals surface area contributed by atoms with Gasteiger partial charge in [-0.2, -0.15) is 5.10 Å². The number of aromatic nitrogens is 3. The minimum Gasteiger partial charge on any atom is -0.398 e. The van der Waals surface area contributed by atoms with Crippen LogP contribution >= 0.6 is 0 Å². The molecular formula is C13H18N4O. The number of pyridine rings is 1. The molecule has 0 aliphatic rings. The Morgan fingerprint density at radius 1 is 1.39 bits per heavy atom. The summed E-state index contributed by atoms with van der Waals surface area (Å²) < 4.78 is 3.49. The first-order chi connectivity index (χ1) is 8.60. The molecule has 2 aromatic rings. The van der Waals surface area contributed by atoms with E-state index in [1.807, 2.05) is 16.9 Å². The van der Waals surface area contributed by atoms with Crippen LogP contribution < -0.4 is 11.3 Å². The van der Waals surface area contributed by atoms with Crippen LogP contribution in [0.1, 0.15) is 32.0 Å². The topological polar surface area (TPSA) is 65.8 Å². The van der Waals surface area contributed by atoms with Gasteiger partial charge in [0.05, 0.1) is 12.2 Å². The van der Waals surface area contributed by atoms with Crippen molar-refractivity contribution in [2.75, 3.05) is 5.73 Å². The fourth-order valence-electron chi connectivity index (χ4n) is 1.74. The van der Waals surface area contributed by atoms with Crippen molar-refractivity contribution in [1.29, 1.82) is 0 Å². The SMILES string of the molecule is CCC(C)n1ccc(Cn2cc(N)ccc2=O)n1. The molecule has 0 aromatic carbocycles. The summed E-state index contributed by atoms with van der Waals surface area (Å²) in [4.78, 5) is 11.6. The van der Waals surface area contributed by atoms with Gasteiger partial charge in [0.1, 0.15) is 0 Å². The Kier molecular flexibility index (Phi) is 3.50. The Balaban J connectivity index is 2.21. The molecule has 0 saturated heterocycles. The minimum atomic E-state index is -0.0673. The Morgan fingerprint density at radius 3 is 2.89 bits per heavy atom. The van der Waals surface area contributed by atoms with Crippen molar-refractivity contribution in [3.63, 3.8) is 0 Å². The predicted octanol–water partition coefficient (Wildman–Crippen LogP) is 1.65. The molecule has 96 valence electrons. The summed E-state index contributed by atoms with van der Waals surface area (Å²) in [6, 6.07) is 5.38. The highest BCUT2D eigenvalue weighted by atomic mass is 16.1. The molecule has 0 bridgehead atoms. The van der Waals surface area contributed by atoms with Gasteiger partial charge in [0.2, 0.25) is 0 Å². The molecule has 2 N–H and O–H groups in total. The summed E-state index contributed by atoms with van der Waals surface area (Å²) >= 11 is 0. The molecule has 18 heavy (non-hydrogen) atoms. The first-order valence-corrected chi connectivity index (χ1v) is 6.10. The van der Waals surface area contributed by atoms with E-state index < -0.39 is 0 Å². The maximum absolute atomic E-state index is 11.6. The number of anilines is 1. The number of hydrogen-bond donors (Lipinski definition) is 1. The normalized spacial score (nSPS) is 12.6. The van der Waals surface area contributed by atoms with Crippen LogP contribution in [0.25, 0.3) is 0 Å². The molecule has 2 rings (SSSR count). The molecule has 0 aliphatic heterocycles. The zero-order valence-electron chi connectivity index (χ0n) is 10.7. The Labute approximate surface area is 106 Å². The molecule has 2 heterocycles. The number of hydrogen-bond acceptors (Lipinski definition) is 3. The van der Waals surface area contributed by atoms with Gasteiger partial charge in [-0.25, -0.2) is 0 Å². The van der Waals surface area contributed by atoms with E-state index in [4.69, 9.17) is 5.73 Å². The second kappa shape index (κ2) is 5.08. The van der Waals surface area contributed by atoms with Crippen LogP contribution in [-0.2, 0) is 6.54 Å². The van der Waals surface area contributed by atoms with E-state index in [9.17, 15) is 4.79 Å². The summed E-state index contributed by atoms with van der Waals surface area (Å²) in [6.07, 6.45) is 4.62. The van der Waals surface area contributed by atoms with Crippen LogP contribution in [0.4, 0.5) is 5.69 Å². The summed E-state index contributed by atoms with van der Waals surface area (Å²) in [5, 5.41) is 4.46. The van der Waals surface area contributed by atoms with Crippen LogP contribution in [0, 0.1) is 0 Å². The molecule has 1 unspecified atom stereocenters. The van der Waals surface area contributed by atoms with Crippen molar-refractivity contribution in [1.82, 2.24) is 14.3 Å². The van der Waals surface area contributed by atoms with E-state index >= 15 is 0 Å². The third-order valence-corrected chi connectivity index (χ3v) is 3.04. The van der Waals surface area contributed by atoms with Gasteiger partial charge >= 0.3 is 0 Å². The summed E-state index contributed by atoms with van der Waals surface area (Å²) in [7, 11) is 0. The molecule has 0 radical (unpaired) electrons. The fourth-order valence-corrected chi connectivity index (χ4v) is 1.74. The third-order valence-electron chi connectivity index (χ3n) is 3.04. The Hall–Kier alpha value is -2.04. The smallest absolute Gasteiger partial charge is 0.251 e. The van der Waals surface area contributed by atoms with Crippen molar-refractivity contribution in [3.8, 4) is 0 Å². The molecule has 0 spiro atoms. The van der Waals surface area contributed by atoms with Gasteiger partial charge in [-0.3, -0.25) is 9.48 Å². The van der Waals surface area contributed by atoms with Gasteiger partial charge in [0.15, 0.2) is 0 Å². The molecule has 0 saturated carbocycles. The van der Waals surface area contributed by atoms with Crippen molar-refractivity contribution in [2.45, 2.75) is 32.9 Å². The summed E-state index contributed by atoms with van der Waals surface area (Å²) in [5.74, 6) is 0. The second-order valence-corrected chi connectivity index (χ2v) is 4.47. The van der Waals surface area contributed by atoms with Gasteiger partial charge in [-0.1, -0.05) is 6.92 Å². The van der Waals surface area contributed by atoms with Crippen molar-refractivity contribution < 1.29 is 0 Å². The average Bonchev–Trinajstić information content (AvgIpc) is 2.81. The number of nitrogens with zero attached hydrogens (tertiary/aromatic N) is 3. The third kappa shape index (κ3) is 2.61. The van der Waals surface area contributed by atoms with Gasteiger partial charge < -0.3 is 10.3 Å². The fraction of sp³-hybridized carbons (Fsp3) is 0.385. The monoisotopic (exact) mass is 246 g/mol. The predicted molar refractivity (Wildman–Crippen MR) is 71.4 cm³/mol. The van der Waals surface area contributed by atoms with Crippen LogP contribution in [0.3, 0.4) is 0 Å². The molecule has 0 fully saturated rings. The zero-order chi connectivity index (χ0) is 13.1. The standard InChI is InChI=1S/C13H18N4O/c1-3-10(2)17-7-6-12(15-17)9-16-8-11(14)4-5-13(16)18/h4-8,10H,3,9,14H2,1-2H3. The van der Waals surface area contributed by atoms with E-state index in [0.717, 1.165) is 12.1 Å². The number of nitrogen functional groups attached to an aromatic ring is 1. The van der Waals surface area contributed by atoms with Gasteiger partial charge in [0, 0.05) is 30.2 Å². The largest absolute Gasteiger partial charge is 0.398 e. The minimum absolute atomic E-state index is 0.0673. The molecular weight excluding hydrogens is 228 g/mol. The van der Waals surface area contributed by atoms with Crippen molar-refractivity contribution in [3.05, 3.63) is 46.6 Å². The van der Waals surface area contributed by atoms with E-state index in [-0.39, 0.29) is 5.56 Å². The summed E-state index contributed by atoms with van der Waals surface area (Å²) in [5.41, 5.74) is 7.05. The maximum atomic E-state index is 11.6. The summed E-state index contributed by atoms with van der Waals surface area (Å²) in [6.45, 7) is 4.69. The highest BCUT2D eigenvalue weighted by Gasteiger charge is 2.06. The van der Waals surface area contributed by atoms with Crippen LogP contribution in [0.15, 0.2) is 35.4 Å².